The fourth-order valence-electron chi connectivity index (χ4n) is 10.5. The maximum absolute atomic E-state index is 12.9. The Kier molecular flexibility index (Phi) is 66.1. The van der Waals surface area contributed by atoms with Gasteiger partial charge >= 0.3 is 17.9 Å². The zero-order valence-electron chi connectivity index (χ0n) is 53.6. The molecule has 6 nitrogen and oxygen atoms in total. The van der Waals surface area contributed by atoms with Crippen LogP contribution in [0.4, 0.5) is 0 Å². The largest absolute Gasteiger partial charge is 0.462 e. The second-order valence-electron chi connectivity index (χ2n) is 23.8. The van der Waals surface area contributed by atoms with Crippen LogP contribution in [-0.4, -0.2) is 37.2 Å². The molecule has 0 N–H and O–H groups in total. The van der Waals surface area contributed by atoms with Crippen LogP contribution in [0.25, 0.3) is 0 Å². The Bertz CT molecular complexity index is 1430. The molecule has 0 fully saturated rings. The number of unbranched alkanes of at least 4 members (excludes halogenated alkanes) is 44. The van der Waals surface area contributed by atoms with Crippen molar-refractivity contribution >= 4 is 17.9 Å². The van der Waals surface area contributed by atoms with E-state index in [2.05, 4.69) is 81.5 Å². The van der Waals surface area contributed by atoms with Crippen LogP contribution < -0.4 is 0 Å². The van der Waals surface area contributed by atoms with Crippen LogP contribution in [0.15, 0.2) is 60.8 Å². The molecule has 0 radical (unpaired) electrons. The lowest BCUT2D eigenvalue weighted by Crippen LogP contribution is -2.30. The van der Waals surface area contributed by atoms with Gasteiger partial charge in [0.25, 0.3) is 0 Å². The summed E-state index contributed by atoms with van der Waals surface area (Å²) in [6, 6.07) is 0. The molecule has 0 rings (SSSR count). The van der Waals surface area contributed by atoms with Gasteiger partial charge in [-0.15, -0.1) is 0 Å². The van der Waals surface area contributed by atoms with Crippen molar-refractivity contribution in [2.45, 2.75) is 380 Å². The number of hydrogen-bond acceptors (Lipinski definition) is 6. The molecule has 1 unspecified atom stereocenters. The molecule has 0 aliphatic heterocycles. The molecule has 0 aromatic heterocycles. The summed E-state index contributed by atoms with van der Waals surface area (Å²) < 4.78 is 17.0. The summed E-state index contributed by atoms with van der Waals surface area (Å²) in [5.41, 5.74) is 0. The fraction of sp³-hybridized carbons (Fsp3) is 0.824. The Morgan fingerprint density at radius 1 is 0.263 bits per heavy atom. The zero-order valence-corrected chi connectivity index (χ0v) is 53.6. The van der Waals surface area contributed by atoms with Crippen molar-refractivity contribution in [1.82, 2.24) is 0 Å². The van der Waals surface area contributed by atoms with Crippen molar-refractivity contribution in [3.05, 3.63) is 60.8 Å². The number of allylic oxidation sites excluding steroid dienone is 10. The third-order valence-electron chi connectivity index (χ3n) is 15.8. The molecular formula is C74H134O6. The van der Waals surface area contributed by atoms with E-state index in [0.717, 1.165) is 103 Å². The van der Waals surface area contributed by atoms with E-state index in [4.69, 9.17) is 14.2 Å². The summed E-state index contributed by atoms with van der Waals surface area (Å²) in [5.74, 6) is -0.881. The van der Waals surface area contributed by atoms with Crippen LogP contribution in [-0.2, 0) is 28.6 Å². The predicted molar refractivity (Wildman–Crippen MR) is 348 cm³/mol. The molecule has 0 aromatic rings. The second kappa shape index (κ2) is 68.6. The highest BCUT2D eigenvalue weighted by atomic mass is 16.6. The van der Waals surface area contributed by atoms with E-state index in [1.54, 1.807) is 0 Å². The van der Waals surface area contributed by atoms with Gasteiger partial charge < -0.3 is 14.2 Å². The Morgan fingerprint density at radius 2 is 0.487 bits per heavy atom. The van der Waals surface area contributed by atoms with Crippen LogP contribution in [0, 0.1) is 0 Å². The average molecular weight is 1120 g/mol. The number of esters is 3. The van der Waals surface area contributed by atoms with E-state index in [0.29, 0.717) is 19.3 Å². The first-order valence-electron chi connectivity index (χ1n) is 35.3. The highest BCUT2D eigenvalue weighted by Gasteiger charge is 2.19. The summed E-state index contributed by atoms with van der Waals surface area (Å²) in [6.45, 7) is 6.56. The van der Waals surface area contributed by atoms with Crippen LogP contribution in [0.3, 0.4) is 0 Å². The van der Waals surface area contributed by atoms with Gasteiger partial charge in [-0.25, -0.2) is 0 Å². The van der Waals surface area contributed by atoms with Crippen molar-refractivity contribution < 1.29 is 28.6 Å². The molecule has 0 heterocycles. The molecule has 0 aliphatic rings. The predicted octanol–water partition coefficient (Wildman–Crippen LogP) is 24.3. The minimum absolute atomic E-state index is 0.0794. The molecule has 1 atom stereocenters. The highest BCUT2D eigenvalue weighted by Crippen LogP contribution is 2.18. The highest BCUT2D eigenvalue weighted by molar-refractivity contribution is 5.71. The fourth-order valence-corrected chi connectivity index (χ4v) is 10.5. The van der Waals surface area contributed by atoms with Crippen LogP contribution in [0.5, 0.6) is 0 Å². The van der Waals surface area contributed by atoms with Crippen molar-refractivity contribution in [2.24, 2.45) is 0 Å². The minimum Gasteiger partial charge on any atom is -0.462 e. The first-order valence-corrected chi connectivity index (χ1v) is 35.3. The molecule has 80 heavy (non-hydrogen) atoms. The first kappa shape index (κ1) is 77.1. The van der Waals surface area contributed by atoms with Gasteiger partial charge in [0.05, 0.1) is 0 Å². The van der Waals surface area contributed by atoms with Crippen LogP contribution >= 0.6 is 0 Å². The standard InChI is InChI=1S/C74H134O6/c1-4-7-10-13-16-19-22-25-28-30-32-33-34-35-36-37-38-39-40-41-43-44-46-49-52-55-58-61-64-67-73(76)79-70-71(69-78-72(75)66-63-60-57-54-51-48-27-24-21-18-15-12-9-6-3)80-74(77)68-65-62-59-56-53-50-47-45-42-31-29-26-23-20-17-14-11-8-5-2/h8,11,17,20,24,26-27,29,42,45,71H,4-7,9-10,12-16,18-19,21-23,25,28,30-41,43-44,46-70H2,1-3H3/b11-8-,20-17-,27-24-,29-26-,45-42-. The monoisotopic (exact) mass is 1120 g/mol. The Morgan fingerprint density at radius 3 is 0.775 bits per heavy atom. The third kappa shape index (κ3) is 65.9. The van der Waals surface area contributed by atoms with Crippen molar-refractivity contribution in [3.8, 4) is 0 Å². The smallest absolute Gasteiger partial charge is 0.306 e. The van der Waals surface area contributed by atoms with Gasteiger partial charge in [0, 0.05) is 19.3 Å². The number of carbonyl (C=O) groups excluding carboxylic acids is 3. The average Bonchev–Trinajstić information content (AvgIpc) is 3.46. The van der Waals surface area contributed by atoms with Gasteiger partial charge in [0.1, 0.15) is 13.2 Å². The molecule has 0 spiro atoms. The summed E-state index contributed by atoms with van der Waals surface area (Å²) >= 11 is 0. The first-order chi connectivity index (χ1) is 39.5. The van der Waals surface area contributed by atoms with E-state index < -0.39 is 6.10 Å². The topological polar surface area (TPSA) is 78.9 Å². The van der Waals surface area contributed by atoms with Gasteiger partial charge in [0.2, 0.25) is 0 Å². The van der Waals surface area contributed by atoms with Crippen molar-refractivity contribution in [3.63, 3.8) is 0 Å². The Labute approximate surface area is 498 Å². The van der Waals surface area contributed by atoms with Crippen molar-refractivity contribution in [1.29, 1.82) is 0 Å². The molecule has 466 valence electrons. The minimum atomic E-state index is -0.785. The molecule has 0 bridgehead atoms. The molecule has 6 heteroatoms. The molecule has 0 aliphatic carbocycles. The molecular weight excluding hydrogens is 985 g/mol. The van der Waals surface area contributed by atoms with Gasteiger partial charge in [-0.3, -0.25) is 14.4 Å². The maximum atomic E-state index is 12.9. The van der Waals surface area contributed by atoms with E-state index >= 15 is 0 Å². The zero-order chi connectivity index (χ0) is 57.8. The van der Waals surface area contributed by atoms with Gasteiger partial charge in [0.15, 0.2) is 6.10 Å². The summed E-state index contributed by atoms with van der Waals surface area (Å²) in [5, 5.41) is 0. The summed E-state index contributed by atoms with van der Waals surface area (Å²) in [7, 11) is 0. The lowest BCUT2D eigenvalue weighted by molar-refractivity contribution is -0.167. The SMILES string of the molecule is CC/C=C\C/C=C\C/C=C\C/C=C\CCCCCCCCC(=O)OC(COC(=O)CCCCCCC/C=C\CCCCCCC)COC(=O)CCCCCCCCCCCCCCCCCCCCCCCCCCCCCCC. The van der Waals surface area contributed by atoms with Crippen molar-refractivity contribution in [2.75, 3.05) is 13.2 Å². The van der Waals surface area contributed by atoms with Crippen LogP contribution in [0.1, 0.15) is 374 Å². The number of hydrogen-bond donors (Lipinski definition) is 0. The lowest BCUT2D eigenvalue weighted by atomic mass is 10.0. The third-order valence-corrected chi connectivity index (χ3v) is 15.8. The quantitative estimate of drug-likeness (QED) is 0.0261. The molecule has 0 amide bonds. The van der Waals surface area contributed by atoms with E-state index in [1.165, 1.54) is 231 Å². The molecule has 0 aromatic carbocycles. The number of carbonyl (C=O) groups is 3. The lowest BCUT2D eigenvalue weighted by Gasteiger charge is -2.18. The van der Waals surface area contributed by atoms with E-state index in [9.17, 15) is 14.4 Å². The molecule has 0 saturated carbocycles. The number of rotatable bonds is 65. The summed E-state index contributed by atoms with van der Waals surface area (Å²) in [4.78, 5) is 38.4. The maximum Gasteiger partial charge on any atom is 0.306 e. The van der Waals surface area contributed by atoms with E-state index in [1.807, 2.05) is 0 Å². The van der Waals surface area contributed by atoms with Crippen LogP contribution in [0.2, 0.25) is 0 Å². The van der Waals surface area contributed by atoms with E-state index in [-0.39, 0.29) is 31.1 Å². The Balaban J connectivity index is 4.22. The normalized spacial score (nSPS) is 12.4. The summed E-state index contributed by atoms with van der Waals surface area (Å²) in [6.07, 6.45) is 88.3. The second-order valence-corrected chi connectivity index (χ2v) is 23.8. The molecule has 0 saturated heterocycles. The number of ether oxygens (including phenoxy) is 3. The Hall–Kier alpha value is -2.89. The van der Waals surface area contributed by atoms with Gasteiger partial charge in [-0.2, -0.15) is 0 Å². The van der Waals surface area contributed by atoms with Gasteiger partial charge in [-0.1, -0.05) is 332 Å². The van der Waals surface area contributed by atoms with Gasteiger partial charge in [-0.05, 0) is 83.5 Å².